The summed E-state index contributed by atoms with van der Waals surface area (Å²) in [6.07, 6.45) is 8.22. The molecule has 0 saturated carbocycles. The lowest BCUT2D eigenvalue weighted by Gasteiger charge is -2.47. The largest absolute Gasteiger partial charge is 0.462 e. The van der Waals surface area contributed by atoms with E-state index in [0.29, 0.717) is 0 Å². The second-order valence-corrected chi connectivity index (χ2v) is 23.1. The van der Waals surface area contributed by atoms with E-state index in [-0.39, 0.29) is 63.6 Å². The van der Waals surface area contributed by atoms with Gasteiger partial charge < -0.3 is 84.4 Å². The predicted molar refractivity (Wildman–Crippen MR) is 328 cm³/mol. The molecule has 3 heterocycles. The molecule has 2 aromatic carbocycles. The highest BCUT2D eigenvalue weighted by molar-refractivity contribution is 5.82. The zero-order valence-electron chi connectivity index (χ0n) is 50.8. The molecule has 2 saturated heterocycles. The number of aliphatic hydroxyl groups is 9. The van der Waals surface area contributed by atoms with Crippen LogP contribution in [0.25, 0.3) is 11.1 Å². The van der Waals surface area contributed by atoms with Gasteiger partial charge in [0.05, 0.1) is 73.5 Å². The van der Waals surface area contributed by atoms with Crippen molar-refractivity contribution in [1.29, 1.82) is 0 Å². The van der Waals surface area contributed by atoms with Crippen LogP contribution in [0.5, 0.6) is 0 Å². The number of carbonyl (C=O) groups excluding carboxylic acids is 3. The number of amides is 1. The van der Waals surface area contributed by atoms with Crippen molar-refractivity contribution in [1.82, 2.24) is 5.32 Å². The van der Waals surface area contributed by atoms with Gasteiger partial charge >= 0.3 is 18.0 Å². The van der Waals surface area contributed by atoms with Crippen molar-refractivity contribution in [2.24, 2.45) is 17.8 Å². The van der Waals surface area contributed by atoms with Crippen LogP contribution in [0.15, 0.2) is 158 Å². The molecule has 88 heavy (non-hydrogen) atoms. The Balaban J connectivity index is 1.25. The van der Waals surface area contributed by atoms with Crippen molar-refractivity contribution < 1.29 is 93.5 Å². The summed E-state index contributed by atoms with van der Waals surface area (Å²) in [6, 6.07) is 14.4. The first-order valence-electron chi connectivity index (χ1n) is 30.3. The number of hydrogen-bond acceptors (Lipinski definition) is 19. The number of benzene rings is 2. The lowest BCUT2D eigenvalue weighted by molar-refractivity contribution is -0.315. The summed E-state index contributed by atoms with van der Waals surface area (Å²) >= 11 is 0. The van der Waals surface area contributed by atoms with Crippen LogP contribution in [-0.2, 0) is 42.7 Å². The minimum absolute atomic E-state index is 0.0349. The molecule has 10 N–H and O–H groups in total. The van der Waals surface area contributed by atoms with E-state index in [1.807, 2.05) is 98.0 Å². The van der Waals surface area contributed by atoms with Gasteiger partial charge in [-0.1, -0.05) is 166 Å². The van der Waals surface area contributed by atoms with E-state index >= 15 is 0 Å². The van der Waals surface area contributed by atoms with Crippen LogP contribution in [-0.4, -0.2) is 182 Å². The molecule has 2 fully saturated rings. The van der Waals surface area contributed by atoms with Gasteiger partial charge in [-0.3, -0.25) is 4.79 Å². The minimum Gasteiger partial charge on any atom is -0.462 e. The van der Waals surface area contributed by atoms with Gasteiger partial charge in [-0.2, -0.15) is 0 Å². The maximum absolute atomic E-state index is 13.6. The highest BCUT2D eigenvalue weighted by Gasteiger charge is 2.50. The monoisotopic (exact) mass is 1230 g/mol. The Labute approximate surface area is 516 Å². The molecule has 2 bridgehead atoms. The summed E-state index contributed by atoms with van der Waals surface area (Å²) in [5, 5.41) is 104. The molecule has 4 aliphatic rings. The summed E-state index contributed by atoms with van der Waals surface area (Å²) in [5.74, 6) is -5.22. The van der Waals surface area contributed by atoms with E-state index in [2.05, 4.69) is 11.9 Å². The fourth-order valence-electron chi connectivity index (χ4n) is 11.4. The summed E-state index contributed by atoms with van der Waals surface area (Å²) in [7, 11) is 1.31. The first-order valence-corrected chi connectivity index (χ1v) is 30.3. The summed E-state index contributed by atoms with van der Waals surface area (Å²) in [6.45, 7) is 10.3. The lowest BCUT2D eigenvalue weighted by Crippen LogP contribution is -2.64. The van der Waals surface area contributed by atoms with Gasteiger partial charge in [-0.05, 0) is 55.4 Å². The molecule has 19 atom stereocenters. The van der Waals surface area contributed by atoms with Crippen molar-refractivity contribution >= 4 is 18.0 Å². The van der Waals surface area contributed by atoms with Gasteiger partial charge in [0.15, 0.2) is 12.1 Å². The fraction of sp³-hybridized carbons (Fsp3) is 0.515. The van der Waals surface area contributed by atoms with Crippen LogP contribution in [0.4, 0.5) is 4.79 Å². The number of esters is 2. The average Bonchev–Trinajstić information content (AvgIpc) is 2.74. The van der Waals surface area contributed by atoms with Crippen LogP contribution in [0.3, 0.4) is 0 Å². The average molecular weight is 1230 g/mol. The zero-order chi connectivity index (χ0) is 63.9. The molecule has 1 amide bonds. The van der Waals surface area contributed by atoms with E-state index < -0.39 is 140 Å². The number of aliphatic hydroxyl groups excluding tert-OH is 9. The summed E-state index contributed by atoms with van der Waals surface area (Å²) in [4.78, 5) is 39.3. The molecule has 0 aromatic heterocycles. The molecule has 20 heteroatoms. The Morgan fingerprint density at radius 3 is 1.89 bits per heavy atom. The molecular weight excluding hydrogens is 1130 g/mol. The van der Waals surface area contributed by atoms with Crippen molar-refractivity contribution in [3.63, 3.8) is 0 Å². The molecule has 0 unspecified atom stereocenters. The second kappa shape index (κ2) is 35.3. The number of nitrogens with one attached hydrogen (secondary N) is 1. The lowest BCUT2D eigenvalue weighted by atomic mass is 9.82. The highest BCUT2D eigenvalue weighted by Crippen LogP contribution is 2.45. The minimum atomic E-state index is -1.76. The van der Waals surface area contributed by atoms with E-state index in [9.17, 15) is 60.3 Å². The van der Waals surface area contributed by atoms with Crippen LogP contribution >= 0.6 is 0 Å². The van der Waals surface area contributed by atoms with Gasteiger partial charge in [0.25, 0.3) is 0 Å². The van der Waals surface area contributed by atoms with Crippen molar-refractivity contribution in [3.05, 3.63) is 170 Å². The quantitative estimate of drug-likeness (QED) is 0.0552. The third-order valence-electron chi connectivity index (χ3n) is 16.5. The molecule has 0 spiro atoms. The molecular formula is C68H91NO19. The number of ether oxygens (including phenoxy) is 7. The van der Waals surface area contributed by atoms with E-state index in [1.54, 1.807) is 63.3 Å². The number of allylic oxidation sites excluding steroid dienone is 12. The van der Waals surface area contributed by atoms with Gasteiger partial charge in [-0.15, -0.1) is 0 Å². The maximum atomic E-state index is 13.6. The number of carbonyl (C=O) groups is 3. The fourth-order valence-corrected chi connectivity index (χ4v) is 11.4. The van der Waals surface area contributed by atoms with Crippen molar-refractivity contribution in [2.45, 2.75) is 182 Å². The molecule has 2 aromatic rings. The molecule has 1 aliphatic carbocycles. The Morgan fingerprint density at radius 1 is 0.670 bits per heavy atom. The smallest absolute Gasteiger partial charge is 0.407 e. The van der Waals surface area contributed by atoms with E-state index in [4.69, 9.17) is 33.2 Å². The summed E-state index contributed by atoms with van der Waals surface area (Å²) in [5.41, 5.74) is 4.05. The number of cyclic esters (lactones) is 1. The number of methoxy groups -OCH3 is 1. The Bertz CT molecular complexity index is 2750. The topological polar surface area (TPSA) is 310 Å². The van der Waals surface area contributed by atoms with Crippen LogP contribution in [0.1, 0.15) is 96.1 Å². The van der Waals surface area contributed by atoms with Gasteiger partial charge in [0.1, 0.15) is 31.5 Å². The Hall–Kier alpha value is -6.21. The van der Waals surface area contributed by atoms with Crippen molar-refractivity contribution in [2.75, 3.05) is 20.3 Å². The van der Waals surface area contributed by atoms with Gasteiger partial charge in [0.2, 0.25) is 0 Å². The highest BCUT2D eigenvalue weighted by atomic mass is 16.7. The first-order chi connectivity index (χ1) is 42.1. The molecule has 20 nitrogen and oxygen atoms in total. The van der Waals surface area contributed by atoms with Crippen LogP contribution < -0.4 is 5.32 Å². The predicted octanol–water partition coefficient (Wildman–Crippen LogP) is 6.15. The van der Waals surface area contributed by atoms with E-state index in [1.165, 1.54) is 19.3 Å². The molecule has 3 aliphatic heterocycles. The van der Waals surface area contributed by atoms with Gasteiger partial charge in [-0.25, -0.2) is 9.59 Å². The van der Waals surface area contributed by atoms with Crippen LogP contribution in [0, 0.1) is 17.8 Å². The Kier molecular flexibility index (Phi) is 28.4. The molecule has 6 rings (SSSR count). The number of alkyl carbamates (subject to hydrolysis) is 1. The third kappa shape index (κ3) is 20.9. The van der Waals surface area contributed by atoms with Crippen molar-refractivity contribution in [3.8, 4) is 11.1 Å². The van der Waals surface area contributed by atoms with Gasteiger partial charge in [0, 0.05) is 62.5 Å². The number of hydrogen-bond donors (Lipinski definition) is 10. The number of fused-ring (bicyclic) bond motifs is 5. The molecule has 0 radical (unpaired) electrons. The molecule has 482 valence electrons. The Morgan fingerprint density at radius 2 is 1.27 bits per heavy atom. The summed E-state index contributed by atoms with van der Waals surface area (Å²) < 4.78 is 41.8. The van der Waals surface area contributed by atoms with E-state index in [0.717, 1.165) is 28.3 Å². The SMILES string of the molecule is C=CCOC(=O)/C=C/[C@H]1[C@@H]2C[C@@H](O[C@@H]3O[C@H](C)[C@@H](O)[C@H](NC(=O)OCC4c5ccccc5-c5ccccc54)[C@@H]3O)/C=C/C=C/C=C/C=C/C=C/C=C/C=C/[C@H](C)[C@@H](O)[C@@H](C)[C@H](C)OC(=O)C[C@H](O)C[C@H](O)CC[C@@H](O)[C@H](O)C[C@H](O)C[C@](OC)(C[C@@H]1O)O2. The number of rotatable bonds is 10. The standard InChI is InChI=1S/C68H91NO19/c1-7-34-83-60(76)33-31-54-58(75)40-68(82-6)39-48(72)36-57(74)56(73)32-30-46(70)35-47(71)37-61(77)85-44(4)43(3)63(78)42(2)24-18-16-14-12-10-8-9-11-13-15-17-19-25-49(38-59(54)88-68)87-66-65(80)62(64(79)45(5)86-66)69-67(81)84-41-55-52-28-22-20-26-50(52)51-27-21-23-29-53(51)55/h7-29,31,33,42-49,54-59,62-66,70-75,78-80H,1,30,32,34-41H2,2-6H3,(H,69,81)/b9-8+,12-10+,13-11+,16-14+,17-15+,24-18+,25-19+,33-31+/t42-,43-,44-,45+,46+,47+,48-,49-,54+,56+,57+,58-,59-,62-,63+,64+,65-,66-,68+/m0/s1. The third-order valence-corrected chi connectivity index (χ3v) is 16.5. The zero-order valence-corrected chi connectivity index (χ0v) is 50.8. The normalized spacial score (nSPS) is 37.1. The second-order valence-electron chi connectivity index (χ2n) is 23.1. The maximum Gasteiger partial charge on any atom is 0.407 e. The van der Waals surface area contributed by atoms with Crippen LogP contribution in [0.2, 0.25) is 0 Å². The first kappa shape index (κ1) is 70.9.